The minimum Gasteiger partial charge on any atom is -0.480 e. The molecular formula is C89H157N37O17. The Kier molecular flexibility index (Phi) is 47.2. The molecule has 0 unspecified atom stereocenters. The summed E-state index contributed by atoms with van der Waals surface area (Å²) in [5.74, 6) is -14.7. The molecule has 800 valence electrons. The Labute approximate surface area is 832 Å². The van der Waals surface area contributed by atoms with Crippen LogP contribution in [0, 0.1) is 49.7 Å². The zero-order chi connectivity index (χ0) is 105. The van der Waals surface area contributed by atoms with Crippen LogP contribution in [0.2, 0.25) is 0 Å². The maximum atomic E-state index is 15.3. The molecule has 54 heteroatoms. The Morgan fingerprint density at radius 1 is 0.294 bits per heavy atom. The lowest BCUT2D eigenvalue weighted by molar-refractivity contribution is -0.153. The van der Waals surface area contributed by atoms with Gasteiger partial charge in [-0.3, -0.25) is 110 Å². The number of carbonyl (C=O) groups is 16. The molecule has 0 spiro atoms. The number of likely N-dealkylation sites (tertiary alicyclic amines) is 7. The number of hydrogen-bond acceptors (Lipinski definition) is 24. The van der Waals surface area contributed by atoms with Crippen molar-refractivity contribution in [1.82, 2.24) is 114 Å². The average Bonchev–Trinajstić information content (AvgIpc) is 1.78. The predicted octanol–water partition coefficient (Wildman–Crippen LogP) is -7.85. The second-order valence-electron chi connectivity index (χ2n) is 38.1. The standard InChI is InChI=1S/C89H157N37O17/c1-5-50(4)66(119-69(129)53(22-8-36-107-85(95)96)112-67(127)51(90)20-6-34-105-83(91)92)74(134)116-56(25-11-39-110-88(101)102)77(137)124-45-17-31-63(124)80(140)126-47-19-33-65(126)81(141)125-46-18-32-64(125)79(139)123-44-16-30-62(123)70(130)113-52(21-7-35-106-84(93)94)68(128)118-58(48-49(2)3)78(138)122-43-15-28-60(122)72(132)115-54(23-9-37-108-86(97)98)75(135)120-41-13-27-59(120)71(131)114-55(24-10-38-109-87(99)100)76(136)121-42-14-29-61(121)73(133)117-57(82(142)143)26-12-40-111-89(103)104/h49-66H,5-48,90H2,1-4H3,(H,112,127)(H,113,130)(H,114,131)(H,115,132)(H,116,134)(H,117,133)(H,118,128)(H,119,129)(H,142,143)(H4,91,92,105)(H4,93,94,106)(H4,95,96,107)(H4,97,98,108)(H4,99,100,109)(H4,101,102,110)(H4,103,104,111)/t50-,51-,52-,53-,54-,55-,56-,57-,58-,59-,60-,61-,62-,63-,64-,65-,66-/m0/s1. The van der Waals surface area contributed by atoms with E-state index >= 15 is 33.6 Å². The summed E-state index contributed by atoms with van der Waals surface area (Å²) >= 11 is 0. The molecule has 143 heavy (non-hydrogen) atoms. The van der Waals surface area contributed by atoms with Crippen LogP contribution < -0.4 is 126 Å². The van der Waals surface area contributed by atoms with E-state index in [1.165, 1.54) is 34.3 Å². The number of nitrogens with two attached hydrogens (primary N) is 8. The highest BCUT2D eigenvalue weighted by molar-refractivity contribution is 6.02. The number of rotatable bonds is 56. The van der Waals surface area contributed by atoms with E-state index in [9.17, 15) is 48.3 Å². The molecular weight excluding hydrogens is 1860 g/mol. The maximum absolute atomic E-state index is 15.3. The number of amides is 15. The SMILES string of the molecule is CC[C@H](C)[C@H](NC(=O)[C@H](CCCNC(=N)N)NC(=O)[C@@H](N)CCCNC(=N)N)C(=O)N[C@@H](CCCNC(=N)N)C(=O)N1CCC[C@H]1C(=O)N1CCC[C@H]1C(=O)N1CCC[C@H]1C(=O)N1CCC[C@H]1C(=O)N[C@@H](CCCNC(=N)N)C(=O)N[C@@H](CC(C)C)C(=O)N1CCC[C@H]1C(=O)N[C@@H](CCCNC(=N)N)C(=O)N1CCC[C@H]1C(=O)N[C@@H](CCCNC(=N)N)C(=O)N1CCC[C@H]1C(=O)N[C@@H](CCCNC(=N)N)C(=O)O. The molecule has 7 fully saturated rings. The number of aliphatic carboxylic acids is 1. The Morgan fingerprint density at radius 3 is 0.846 bits per heavy atom. The van der Waals surface area contributed by atoms with Gasteiger partial charge in [-0.05, 0) is 198 Å². The summed E-state index contributed by atoms with van der Waals surface area (Å²) in [4.78, 5) is 244. The molecule has 15 amide bonds. The molecule has 7 saturated heterocycles. The van der Waals surface area contributed by atoms with Crippen molar-refractivity contribution in [3.8, 4) is 0 Å². The third-order valence-corrected chi connectivity index (χ3v) is 26.9. The lowest BCUT2D eigenvalue weighted by Crippen LogP contribution is -2.61. The van der Waals surface area contributed by atoms with Crippen LogP contribution in [-0.4, -0.2) is 364 Å². The first-order chi connectivity index (χ1) is 67.9. The lowest BCUT2D eigenvalue weighted by atomic mass is 9.96. The molecule has 7 rings (SSSR count). The van der Waals surface area contributed by atoms with Crippen molar-refractivity contribution in [3.05, 3.63) is 0 Å². The van der Waals surface area contributed by atoms with Gasteiger partial charge in [0.2, 0.25) is 88.6 Å². The Balaban J connectivity index is 1.03. The minimum atomic E-state index is -1.39. The van der Waals surface area contributed by atoms with Gasteiger partial charge >= 0.3 is 5.97 Å². The zero-order valence-electron chi connectivity index (χ0n) is 82.7. The van der Waals surface area contributed by atoms with E-state index in [0.29, 0.717) is 57.8 Å². The average molecular weight is 2020 g/mol. The minimum absolute atomic E-state index is 0.0145. The second-order valence-corrected chi connectivity index (χ2v) is 38.1. The molecule has 0 bridgehead atoms. The highest BCUT2D eigenvalue weighted by Gasteiger charge is 2.51. The second kappa shape index (κ2) is 58.1. The van der Waals surface area contributed by atoms with E-state index in [0.717, 1.165) is 0 Å². The lowest BCUT2D eigenvalue weighted by Gasteiger charge is -2.36. The first-order valence-electron chi connectivity index (χ1n) is 50.0. The number of nitrogens with zero attached hydrogens (tertiary/aromatic N) is 7. The van der Waals surface area contributed by atoms with Gasteiger partial charge in [0.25, 0.3) is 0 Å². The van der Waals surface area contributed by atoms with Crippen LogP contribution in [0.1, 0.15) is 220 Å². The summed E-state index contributed by atoms with van der Waals surface area (Å²) in [6.45, 7) is 8.59. The highest BCUT2D eigenvalue weighted by Crippen LogP contribution is 2.33. The summed E-state index contributed by atoms with van der Waals surface area (Å²) in [6.07, 6.45) is 5.29. The summed E-state index contributed by atoms with van der Waals surface area (Å²) in [7, 11) is 0. The quantitative estimate of drug-likeness (QED) is 0.0153. The van der Waals surface area contributed by atoms with Crippen LogP contribution in [0.15, 0.2) is 0 Å². The fraction of sp³-hybridized carbons (Fsp3) is 0.742. The molecule has 7 aliphatic heterocycles. The molecule has 0 saturated carbocycles. The summed E-state index contributed by atoms with van der Waals surface area (Å²) in [5, 5.41) is 104. The molecule has 54 nitrogen and oxygen atoms in total. The van der Waals surface area contributed by atoms with Crippen LogP contribution in [0.3, 0.4) is 0 Å². The van der Waals surface area contributed by atoms with Crippen LogP contribution in [0.4, 0.5) is 0 Å². The summed E-state index contributed by atoms with van der Waals surface area (Å²) in [6, 6.07) is -19.6. The van der Waals surface area contributed by atoms with E-state index in [4.69, 9.17) is 83.7 Å². The van der Waals surface area contributed by atoms with Gasteiger partial charge in [0, 0.05) is 91.6 Å². The van der Waals surface area contributed by atoms with Crippen LogP contribution in [0.5, 0.6) is 0 Å². The Hall–Kier alpha value is -13.6. The number of nitrogens with one attached hydrogen (secondary N) is 22. The monoisotopic (exact) mass is 2020 g/mol. The predicted molar refractivity (Wildman–Crippen MR) is 527 cm³/mol. The van der Waals surface area contributed by atoms with Gasteiger partial charge in [-0.1, -0.05) is 34.1 Å². The van der Waals surface area contributed by atoms with Crippen molar-refractivity contribution in [2.24, 2.45) is 57.7 Å². The molecule has 0 aromatic rings. The first kappa shape index (κ1) is 116. The molecule has 0 aromatic carbocycles. The van der Waals surface area contributed by atoms with Crippen LogP contribution in [0.25, 0.3) is 0 Å². The molecule has 17 atom stereocenters. The summed E-state index contributed by atoms with van der Waals surface area (Å²) < 4.78 is 0. The van der Waals surface area contributed by atoms with E-state index in [-0.39, 0.29) is 274 Å². The van der Waals surface area contributed by atoms with Crippen molar-refractivity contribution in [2.45, 2.75) is 317 Å². The molecule has 39 N–H and O–H groups in total. The smallest absolute Gasteiger partial charge is 0.326 e. The van der Waals surface area contributed by atoms with E-state index in [1.807, 2.05) is 13.8 Å². The number of carbonyl (C=O) groups excluding carboxylic acids is 15. The fourth-order valence-corrected chi connectivity index (χ4v) is 19.4. The largest absolute Gasteiger partial charge is 0.480 e. The Bertz CT molecular complexity index is 4490. The first-order valence-corrected chi connectivity index (χ1v) is 50.0. The van der Waals surface area contributed by atoms with Crippen molar-refractivity contribution < 1.29 is 81.8 Å². The number of carboxylic acid groups (broad SMARTS) is 1. The zero-order valence-corrected chi connectivity index (χ0v) is 82.7. The molecule has 0 aliphatic carbocycles. The summed E-state index contributed by atoms with van der Waals surface area (Å²) in [5.41, 5.74) is 44.9. The third kappa shape index (κ3) is 35.8. The highest BCUT2D eigenvalue weighted by atomic mass is 16.4. The van der Waals surface area contributed by atoms with E-state index in [2.05, 4.69) is 79.8 Å². The van der Waals surface area contributed by atoms with Gasteiger partial charge in [-0.15, -0.1) is 0 Å². The number of guanidine groups is 7. The van der Waals surface area contributed by atoms with E-state index in [1.54, 1.807) is 13.8 Å². The van der Waals surface area contributed by atoms with Gasteiger partial charge in [-0.2, -0.15) is 0 Å². The van der Waals surface area contributed by atoms with Crippen LogP contribution >= 0.6 is 0 Å². The van der Waals surface area contributed by atoms with Gasteiger partial charge in [-0.25, -0.2) is 4.79 Å². The maximum Gasteiger partial charge on any atom is 0.326 e. The van der Waals surface area contributed by atoms with Crippen molar-refractivity contribution in [3.63, 3.8) is 0 Å². The third-order valence-electron chi connectivity index (χ3n) is 26.9. The van der Waals surface area contributed by atoms with Gasteiger partial charge in [0.15, 0.2) is 41.7 Å². The van der Waals surface area contributed by atoms with Crippen molar-refractivity contribution >= 4 is 136 Å². The Morgan fingerprint density at radius 2 is 0.524 bits per heavy atom. The fourth-order valence-electron chi connectivity index (χ4n) is 19.4. The molecule has 0 aromatic heterocycles. The van der Waals surface area contributed by atoms with Gasteiger partial charge in [0.1, 0.15) is 90.6 Å². The normalized spacial score (nSPS) is 20.7. The number of hydrogen-bond donors (Lipinski definition) is 31. The topological polar surface area (TPSA) is 872 Å². The van der Waals surface area contributed by atoms with E-state index < -0.39 is 197 Å². The van der Waals surface area contributed by atoms with Gasteiger partial charge < -0.3 is 165 Å². The molecule has 7 aliphatic rings. The van der Waals surface area contributed by atoms with Crippen LogP contribution in [-0.2, 0) is 76.7 Å². The number of carboxylic acids is 1. The van der Waals surface area contributed by atoms with Crippen molar-refractivity contribution in [1.29, 1.82) is 37.9 Å². The van der Waals surface area contributed by atoms with Gasteiger partial charge in [0.05, 0.1) is 6.04 Å². The van der Waals surface area contributed by atoms with Crippen molar-refractivity contribution in [2.75, 3.05) is 91.6 Å². The molecule has 0 radical (unpaired) electrons. The molecule has 7 heterocycles.